The second kappa shape index (κ2) is 8.62. The Hall–Kier alpha value is -3.67. The molecule has 0 saturated carbocycles. The van der Waals surface area contributed by atoms with Crippen LogP contribution in [0.15, 0.2) is 78.6 Å². The number of carbonyl (C=O) groups excluding carboxylic acids is 2. The van der Waals surface area contributed by atoms with E-state index in [0.717, 1.165) is 16.3 Å². The largest absolute Gasteiger partial charge is 0.307 e. The number of nitrogens with one attached hydrogen (secondary N) is 3. The quantitative estimate of drug-likeness (QED) is 0.466. The lowest BCUT2D eigenvalue weighted by atomic mass is 10.0. The number of hydrogen-bond donors (Lipinski definition) is 3. The molecule has 3 aromatic rings. The van der Waals surface area contributed by atoms with E-state index >= 15 is 0 Å². The van der Waals surface area contributed by atoms with Crippen LogP contribution in [-0.4, -0.2) is 16.8 Å². The molecular weight excluding hydrogens is 340 g/mol. The van der Waals surface area contributed by atoms with E-state index in [0.29, 0.717) is 11.5 Å². The Balaban J connectivity index is 1.54. The van der Waals surface area contributed by atoms with Crippen molar-refractivity contribution < 1.29 is 9.59 Å². The van der Waals surface area contributed by atoms with Crippen LogP contribution in [-0.2, 0) is 16.0 Å². The third-order valence-corrected chi connectivity index (χ3v) is 3.89. The number of anilines is 1. The Morgan fingerprint density at radius 3 is 2.56 bits per heavy atom. The number of aromatic nitrogens is 1. The number of amides is 2. The predicted octanol–water partition coefficient (Wildman–Crippen LogP) is 2.94. The number of fused-ring (bicyclic) bond motifs is 1. The van der Waals surface area contributed by atoms with Gasteiger partial charge in [-0.05, 0) is 35.4 Å². The second-order valence-electron chi connectivity index (χ2n) is 6.02. The lowest BCUT2D eigenvalue weighted by Gasteiger charge is -2.10. The number of nitrogens with zero attached hydrogens (tertiary/aromatic N) is 1. The molecule has 0 bridgehead atoms. The molecule has 0 atom stereocenters. The van der Waals surface area contributed by atoms with Crippen molar-refractivity contribution in [3.8, 4) is 0 Å². The first kappa shape index (κ1) is 18.1. The van der Waals surface area contributed by atoms with Crippen molar-refractivity contribution in [2.24, 2.45) is 0 Å². The molecule has 0 fully saturated rings. The van der Waals surface area contributed by atoms with Crippen LogP contribution in [0, 0.1) is 0 Å². The van der Waals surface area contributed by atoms with E-state index in [1.807, 2.05) is 42.5 Å². The number of hydrogen-bond acceptors (Lipinski definition) is 4. The van der Waals surface area contributed by atoms with Gasteiger partial charge in [-0.3, -0.25) is 15.0 Å². The summed E-state index contributed by atoms with van der Waals surface area (Å²) in [6, 6.07) is 19.1. The van der Waals surface area contributed by atoms with Gasteiger partial charge >= 0.3 is 0 Å². The van der Waals surface area contributed by atoms with Crippen molar-refractivity contribution >= 4 is 28.4 Å². The molecule has 2 amide bonds. The lowest BCUT2D eigenvalue weighted by Crippen LogP contribution is -2.37. The highest BCUT2D eigenvalue weighted by Gasteiger charge is 2.07. The van der Waals surface area contributed by atoms with E-state index in [1.54, 1.807) is 31.3 Å². The standard InChI is InChI=1S/C21H20N4O2/c1-15(13-20(26)23-19-11-4-5-12-22-19)24-25-21(27)14-17-9-6-8-16-7-2-3-10-18(16)17/h2-13,24H,14H2,1H3,(H,25,27)(H,22,23,26)/b15-13+. The van der Waals surface area contributed by atoms with Gasteiger partial charge in [0.1, 0.15) is 5.82 Å². The van der Waals surface area contributed by atoms with Crippen molar-refractivity contribution in [2.75, 3.05) is 5.32 Å². The van der Waals surface area contributed by atoms with E-state index in [1.165, 1.54) is 6.08 Å². The normalized spacial score (nSPS) is 11.1. The minimum absolute atomic E-state index is 0.191. The summed E-state index contributed by atoms with van der Waals surface area (Å²) in [5, 5.41) is 4.79. The van der Waals surface area contributed by atoms with E-state index in [4.69, 9.17) is 0 Å². The van der Waals surface area contributed by atoms with Crippen molar-refractivity contribution in [1.29, 1.82) is 0 Å². The SMILES string of the molecule is C/C(=C\C(=O)Nc1ccccn1)NNC(=O)Cc1cccc2ccccc12. The van der Waals surface area contributed by atoms with Crippen LogP contribution in [0.3, 0.4) is 0 Å². The molecule has 1 aromatic heterocycles. The van der Waals surface area contributed by atoms with Crippen LogP contribution in [0.1, 0.15) is 12.5 Å². The van der Waals surface area contributed by atoms with Crippen LogP contribution >= 0.6 is 0 Å². The molecule has 6 heteroatoms. The van der Waals surface area contributed by atoms with E-state index < -0.39 is 0 Å². The lowest BCUT2D eigenvalue weighted by molar-refractivity contribution is -0.121. The molecule has 0 saturated heterocycles. The number of benzene rings is 2. The molecule has 1 heterocycles. The molecule has 3 rings (SSSR count). The highest BCUT2D eigenvalue weighted by Crippen LogP contribution is 2.18. The first-order chi connectivity index (χ1) is 13.1. The maximum atomic E-state index is 12.2. The Labute approximate surface area is 157 Å². The highest BCUT2D eigenvalue weighted by molar-refractivity contribution is 5.99. The molecule has 2 aromatic carbocycles. The Kier molecular flexibility index (Phi) is 5.79. The number of pyridine rings is 1. The molecule has 0 aliphatic rings. The molecule has 136 valence electrons. The summed E-state index contributed by atoms with van der Waals surface area (Å²) in [5.41, 5.74) is 6.81. The molecule has 3 N–H and O–H groups in total. The molecule has 0 spiro atoms. The summed E-state index contributed by atoms with van der Waals surface area (Å²) in [7, 11) is 0. The van der Waals surface area contributed by atoms with E-state index in [-0.39, 0.29) is 18.2 Å². The van der Waals surface area contributed by atoms with Crippen molar-refractivity contribution in [3.63, 3.8) is 0 Å². The molecule has 0 unspecified atom stereocenters. The van der Waals surface area contributed by atoms with Crippen LogP contribution in [0.4, 0.5) is 5.82 Å². The van der Waals surface area contributed by atoms with Crippen molar-refractivity contribution in [2.45, 2.75) is 13.3 Å². The van der Waals surface area contributed by atoms with E-state index in [2.05, 4.69) is 21.2 Å². The van der Waals surface area contributed by atoms with Crippen LogP contribution < -0.4 is 16.2 Å². The van der Waals surface area contributed by atoms with Crippen LogP contribution in [0.25, 0.3) is 10.8 Å². The zero-order valence-electron chi connectivity index (χ0n) is 14.9. The fourth-order valence-corrected chi connectivity index (χ4v) is 2.66. The zero-order chi connectivity index (χ0) is 19.1. The Bertz CT molecular complexity index is 978. The predicted molar refractivity (Wildman–Crippen MR) is 106 cm³/mol. The minimum Gasteiger partial charge on any atom is -0.307 e. The van der Waals surface area contributed by atoms with Gasteiger partial charge in [-0.1, -0.05) is 48.5 Å². The summed E-state index contributed by atoms with van der Waals surface area (Å²) in [5.74, 6) is -0.0576. The molecule has 27 heavy (non-hydrogen) atoms. The first-order valence-corrected chi connectivity index (χ1v) is 8.53. The number of rotatable bonds is 6. The summed E-state index contributed by atoms with van der Waals surface area (Å²) in [4.78, 5) is 28.2. The van der Waals surface area contributed by atoms with Gasteiger partial charge in [-0.15, -0.1) is 0 Å². The van der Waals surface area contributed by atoms with Crippen LogP contribution in [0.2, 0.25) is 0 Å². The molecule has 6 nitrogen and oxygen atoms in total. The average molecular weight is 360 g/mol. The third-order valence-electron chi connectivity index (χ3n) is 3.89. The zero-order valence-corrected chi connectivity index (χ0v) is 14.9. The number of hydrazine groups is 1. The van der Waals surface area contributed by atoms with Crippen molar-refractivity contribution in [3.05, 3.63) is 84.2 Å². The van der Waals surface area contributed by atoms with Gasteiger partial charge in [0, 0.05) is 18.0 Å². The van der Waals surface area contributed by atoms with Gasteiger partial charge in [-0.25, -0.2) is 4.98 Å². The number of allylic oxidation sites excluding steroid dienone is 1. The Morgan fingerprint density at radius 2 is 1.74 bits per heavy atom. The second-order valence-corrected chi connectivity index (χ2v) is 6.02. The fraction of sp³-hybridized carbons (Fsp3) is 0.0952. The molecule has 0 radical (unpaired) electrons. The fourth-order valence-electron chi connectivity index (χ4n) is 2.66. The third kappa shape index (κ3) is 5.15. The van der Waals surface area contributed by atoms with Gasteiger partial charge in [0.05, 0.1) is 6.42 Å². The molecule has 0 aliphatic heterocycles. The summed E-state index contributed by atoms with van der Waals surface area (Å²) in [6.07, 6.45) is 3.19. The van der Waals surface area contributed by atoms with Crippen molar-refractivity contribution in [1.82, 2.24) is 15.8 Å². The minimum atomic E-state index is -0.331. The summed E-state index contributed by atoms with van der Waals surface area (Å²) < 4.78 is 0. The Morgan fingerprint density at radius 1 is 0.963 bits per heavy atom. The van der Waals surface area contributed by atoms with Gasteiger partial charge in [0.25, 0.3) is 5.91 Å². The summed E-state index contributed by atoms with van der Waals surface area (Å²) in [6.45, 7) is 1.69. The van der Waals surface area contributed by atoms with Gasteiger partial charge in [-0.2, -0.15) is 0 Å². The smallest absolute Gasteiger partial charge is 0.251 e. The maximum absolute atomic E-state index is 12.2. The van der Waals surface area contributed by atoms with Crippen LogP contribution in [0.5, 0.6) is 0 Å². The number of carbonyl (C=O) groups is 2. The molecular formula is C21H20N4O2. The topological polar surface area (TPSA) is 83.1 Å². The highest BCUT2D eigenvalue weighted by atomic mass is 16.2. The molecule has 0 aliphatic carbocycles. The first-order valence-electron chi connectivity index (χ1n) is 8.53. The van der Waals surface area contributed by atoms with Gasteiger partial charge in [0.15, 0.2) is 0 Å². The van der Waals surface area contributed by atoms with E-state index in [9.17, 15) is 9.59 Å². The maximum Gasteiger partial charge on any atom is 0.251 e. The summed E-state index contributed by atoms with van der Waals surface area (Å²) >= 11 is 0. The van der Waals surface area contributed by atoms with Gasteiger partial charge < -0.3 is 10.7 Å². The average Bonchev–Trinajstić information content (AvgIpc) is 2.67. The van der Waals surface area contributed by atoms with Gasteiger partial charge in [0.2, 0.25) is 5.91 Å². The monoisotopic (exact) mass is 360 g/mol.